The van der Waals surface area contributed by atoms with E-state index < -0.39 is 0 Å². The van der Waals surface area contributed by atoms with Crippen LogP contribution in [0.3, 0.4) is 0 Å². The molecular formula is C6H7Cl2N3. The van der Waals surface area contributed by atoms with Gasteiger partial charge in [-0.2, -0.15) is 5.10 Å². The van der Waals surface area contributed by atoms with Gasteiger partial charge in [-0.1, -0.05) is 6.07 Å². The molecule has 2 heterocycles. The summed E-state index contributed by atoms with van der Waals surface area (Å²) in [5.41, 5.74) is 0.887. The maximum atomic E-state index is 3.97. The number of rotatable bonds is 0. The van der Waals surface area contributed by atoms with Gasteiger partial charge >= 0.3 is 0 Å². The zero-order valence-electron chi connectivity index (χ0n) is 5.54. The van der Waals surface area contributed by atoms with Gasteiger partial charge in [0.1, 0.15) is 6.33 Å². The monoisotopic (exact) mass is 191 g/mol. The fourth-order valence-corrected chi connectivity index (χ4v) is 0.766. The molecule has 0 N–H and O–H groups in total. The van der Waals surface area contributed by atoms with Gasteiger partial charge in [0, 0.05) is 6.20 Å². The smallest absolute Gasteiger partial charge is 0.155 e. The highest BCUT2D eigenvalue weighted by molar-refractivity contribution is 5.85. The molecule has 0 fully saturated rings. The van der Waals surface area contributed by atoms with Gasteiger partial charge in [-0.05, 0) is 12.1 Å². The highest BCUT2D eigenvalue weighted by Gasteiger charge is 1.86. The molecule has 0 aliphatic heterocycles. The van der Waals surface area contributed by atoms with Crippen molar-refractivity contribution in [2.24, 2.45) is 0 Å². The summed E-state index contributed by atoms with van der Waals surface area (Å²) in [5.74, 6) is 0. The Labute approximate surface area is 76.3 Å². The minimum absolute atomic E-state index is 0. The average Bonchev–Trinajstić information content (AvgIpc) is 2.33. The number of nitrogens with zero attached hydrogens (tertiary/aromatic N) is 3. The van der Waals surface area contributed by atoms with Crippen LogP contribution >= 0.6 is 24.8 Å². The zero-order valence-corrected chi connectivity index (χ0v) is 7.18. The van der Waals surface area contributed by atoms with Crippen LogP contribution in [0.15, 0.2) is 30.7 Å². The second-order valence-corrected chi connectivity index (χ2v) is 1.76. The Kier molecular flexibility index (Phi) is 3.85. The lowest BCUT2D eigenvalue weighted by Crippen LogP contribution is -1.82. The third-order valence-electron chi connectivity index (χ3n) is 1.18. The number of pyridine rings is 1. The number of aromatic nitrogens is 3. The normalized spacial score (nSPS) is 8.36. The van der Waals surface area contributed by atoms with Crippen molar-refractivity contribution in [1.82, 2.24) is 14.6 Å². The maximum absolute atomic E-state index is 3.97. The molecule has 0 amide bonds. The van der Waals surface area contributed by atoms with Gasteiger partial charge in [0.2, 0.25) is 0 Å². The predicted molar refractivity (Wildman–Crippen MR) is 47.5 cm³/mol. The molecule has 0 atom stereocenters. The highest BCUT2D eigenvalue weighted by atomic mass is 35.5. The zero-order chi connectivity index (χ0) is 6.10. The first kappa shape index (κ1) is 10.2. The van der Waals surface area contributed by atoms with E-state index in [4.69, 9.17) is 0 Å². The van der Waals surface area contributed by atoms with Gasteiger partial charge < -0.3 is 0 Å². The molecule has 2 aromatic heterocycles. The van der Waals surface area contributed by atoms with Crippen LogP contribution in [0.5, 0.6) is 0 Å². The number of fused-ring (bicyclic) bond motifs is 1. The summed E-state index contributed by atoms with van der Waals surface area (Å²) in [7, 11) is 0. The lowest BCUT2D eigenvalue weighted by molar-refractivity contribution is 0.961. The van der Waals surface area contributed by atoms with Crippen molar-refractivity contribution >= 4 is 30.5 Å². The Morgan fingerprint density at radius 3 is 2.73 bits per heavy atom. The third kappa shape index (κ3) is 1.82. The molecule has 3 nitrogen and oxygen atoms in total. The molecule has 0 aliphatic carbocycles. The van der Waals surface area contributed by atoms with Gasteiger partial charge in [-0.3, -0.25) is 0 Å². The second-order valence-electron chi connectivity index (χ2n) is 1.76. The summed E-state index contributed by atoms with van der Waals surface area (Å²) >= 11 is 0. The van der Waals surface area contributed by atoms with E-state index in [2.05, 4.69) is 10.1 Å². The number of hydrogen-bond donors (Lipinski definition) is 0. The molecule has 2 aromatic rings. The van der Waals surface area contributed by atoms with E-state index in [9.17, 15) is 0 Å². The maximum Gasteiger partial charge on any atom is 0.155 e. The fraction of sp³-hybridized carbons (Fsp3) is 0. The molecule has 0 saturated heterocycles. The summed E-state index contributed by atoms with van der Waals surface area (Å²) in [4.78, 5) is 3.97. The molecule has 0 bridgehead atoms. The van der Waals surface area contributed by atoms with Crippen LogP contribution in [-0.4, -0.2) is 14.6 Å². The first-order valence-electron chi connectivity index (χ1n) is 2.71. The molecule has 0 radical (unpaired) electrons. The molecule has 0 spiro atoms. The van der Waals surface area contributed by atoms with E-state index in [1.165, 1.54) is 6.33 Å². The molecular weight excluding hydrogens is 185 g/mol. The van der Waals surface area contributed by atoms with Crippen molar-refractivity contribution in [3.05, 3.63) is 30.7 Å². The van der Waals surface area contributed by atoms with E-state index in [1.54, 1.807) is 4.52 Å². The molecule has 11 heavy (non-hydrogen) atoms. The largest absolute Gasteiger partial charge is 0.221 e. The van der Waals surface area contributed by atoms with Gasteiger partial charge in [0.05, 0.1) is 0 Å². The molecule has 0 aliphatic rings. The van der Waals surface area contributed by atoms with Gasteiger partial charge in [0.25, 0.3) is 0 Å². The lowest BCUT2D eigenvalue weighted by Gasteiger charge is -1.84. The molecule has 0 unspecified atom stereocenters. The van der Waals surface area contributed by atoms with Crippen molar-refractivity contribution in [2.75, 3.05) is 0 Å². The fourth-order valence-electron chi connectivity index (χ4n) is 0.766. The minimum Gasteiger partial charge on any atom is -0.221 e. The summed E-state index contributed by atoms with van der Waals surface area (Å²) in [6.45, 7) is 0. The summed E-state index contributed by atoms with van der Waals surface area (Å²) in [6, 6.07) is 5.76. The van der Waals surface area contributed by atoms with Gasteiger partial charge in [0.15, 0.2) is 5.65 Å². The van der Waals surface area contributed by atoms with Crippen molar-refractivity contribution < 1.29 is 0 Å². The van der Waals surface area contributed by atoms with Crippen LogP contribution in [-0.2, 0) is 0 Å². The molecule has 0 aromatic carbocycles. The molecule has 0 saturated carbocycles. The average molecular weight is 192 g/mol. The minimum atomic E-state index is 0. The Hall–Kier alpha value is -0.800. The molecule has 2 rings (SSSR count). The Morgan fingerprint density at radius 1 is 1.18 bits per heavy atom. The second kappa shape index (κ2) is 4.16. The number of hydrogen-bond acceptors (Lipinski definition) is 2. The summed E-state index contributed by atoms with van der Waals surface area (Å²) in [6.07, 6.45) is 3.40. The Morgan fingerprint density at radius 2 is 2.00 bits per heavy atom. The standard InChI is InChI=1S/C6H5N3.2ClH/c1-2-4-9-6(3-1)7-5-8-9;;/h1-5H;2*1H. The highest BCUT2D eigenvalue weighted by Crippen LogP contribution is 1.93. The quantitative estimate of drug-likeness (QED) is 0.634. The molecule has 60 valence electrons. The summed E-state index contributed by atoms with van der Waals surface area (Å²) < 4.78 is 1.72. The summed E-state index contributed by atoms with van der Waals surface area (Å²) in [5, 5.41) is 3.92. The molecule has 5 heteroatoms. The Balaban J connectivity index is 0.000000500. The SMILES string of the molecule is Cl.Cl.c1ccn2ncnc2c1. The van der Waals surface area contributed by atoms with E-state index in [0.717, 1.165) is 5.65 Å². The first-order valence-corrected chi connectivity index (χ1v) is 2.71. The lowest BCUT2D eigenvalue weighted by atomic mass is 10.5. The van der Waals surface area contributed by atoms with E-state index in [-0.39, 0.29) is 24.8 Å². The number of halogens is 2. The van der Waals surface area contributed by atoms with Crippen molar-refractivity contribution in [3.63, 3.8) is 0 Å². The third-order valence-corrected chi connectivity index (χ3v) is 1.18. The van der Waals surface area contributed by atoms with Crippen LogP contribution in [0.25, 0.3) is 5.65 Å². The Bertz CT molecular complexity index is 290. The topological polar surface area (TPSA) is 30.2 Å². The van der Waals surface area contributed by atoms with Crippen LogP contribution in [0.4, 0.5) is 0 Å². The predicted octanol–water partition coefficient (Wildman–Crippen LogP) is 1.57. The van der Waals surface area contributed by atoms with Crippen molar-refractivity contribution in [1.29, 1.82) is 0 Å². The van der Waals surface area contributed by atoms with E-state index in [0.29, 0.717) is 0 Å². The van der Waals surface area contributed by atoms with E-state index >= 15 is 0 Å². The van der Waals surface area contributed by atoms with Crippen LogP contribution < -0.4 is 0 Å². The van der Waals surface area contributed by atoms with Crippen molar-refractivity contribution in [2.45, 2.75) is 0 Å². The van der Waals surface area contributed by atoms with Crippen molar-refractivity contribution in [3.8, 4) is 0 Å². The van der Waals surface area contributed by atoms with Gasteiger partial charge in [-0.25, -0.2) is 9.50 Å². The van der Waals surface area contributed by atoms with Crippen LogP contribution in [0, 0.1) is 0 Å². The van der Waals surface area contributed by atoms with Crippen LogP contribution in [0.2, 0.25) is 0 Å². The van der Waals surface area contributed by atoms with Gasteiger partial charge in [-0.15, -0.1) is 24.8 Å². The van der Waals surface area contributed by atoms with Crippen LogP contribution in [0.1, 0.15) is 0 Å². The van der Waals surface area contributed by atoms with E-state index in [1.807, 2.05) is 24.4 Å². The first-order chi connectivity index (χ1) is 4.47.